The summed E-state index contributed by atoms with van der Waals surface area (Å²) in [7, 11) is 1.61. The highest BCUT2D eigenvalue weighted by atomic mass is 32.2. The predicted octanol–water partition coefficient (Wildman–Crippen LogP) is 4.22. The van der Waals surface area contributed by atoms with Crippen molar-refractivity contribution >= 4 is 28.4 Å². The molecule has 0 aliphatic rings. The maximum Gasteiger partial charge on any atom is 0.173 e. The molecule has 0 atom stereocenters. The Balaban J connectivity index is 1.88. The van der Waals surface area contributed by atoms with Crippen LogP contribution in [0, 0.1) is 0 Å². The summed E-state index contributed by atoms with van der Waals surface area (Å²) in [6.07, 6.45) is 1.71. The van der Waals surface area contributed by atoms with Gasteiger partial charge in [0, 0.05) is 22.0 Å². The molecule has 3 rings (SSSR count). The Bertz CT molecular complexity index is 803. The van der Waals surface area contributed by atoms with Crippen LogP contribution >= 0.6 is 11.8 Å². The van der Waals surface area contributed by atoms with Gasteiger partial charge in [-0.1, -0.05) is 24.3 Å². The van der Waals surface area contributed by atoms with E-state index in [2.05, 4.69) is 4.98 Å². The third-order valence-corrected chi connectivity index (χ3v) is 4.38. The molecule has 0 amide bonds. The molecule has 0 saturated carbocycles. The zero-order valence-corrected chi connectivity index (χ0v) is 13.0. The standard InChI is InChI=1S/C18H15NO2S/c1-21-17-10-9-14(15-8-5-11-19-18(15)17)16(20)12-22-13-6-3-2-4-7-13/h2-11H,12H2,1H3. The van der Waals surface area contributed by atoms with Crippen LogP contribution in [0.15, 0.2) is 65.7 Å². The maximum absolute atomic E-state index is 12.5. The van der Waals surface area contributed by atoms with Gasteiger partial charge in [0.1, 0.15) is 11.3 Å². The highest BCUT2D eigenvalue weighted by Gasteiger charge is 2.13. The lowest BCUT2D eigenvalue weighted by atomic mass is 10.0. The Kier molecular flexibility index (Phi) is 4.39. The second kappa shape index (κ2) is 6.62. The van der Waals surface area contributed by atoms with Crippen molar-refractivity contribution in [1.29, 1.82) is 0 Å². The van der Waals surface area contributed by atoms with Gasteiger partial charge < -0.3 is 4.74 Å². The largest absolute Gasteiger partial charge is 0.494 e. The van der Waals surface area contributed by atoms with Gasteiger partial charge in [-0.3, -0.25) is 9.78 Å². The fourth-order valence-corrected chi connectivity index (χ4v) is 3.10. The first kappa shape index (κ1) is 14.6. The number of aromatic nitrogens is 1. The first-order chi connectivity index (χ1) is 10.8. The number of carbonyl (C=O) groups is 1. The molecule has 0 spiro atoms. The van der Waals surface area contributed by atoms with Gasteiger partial charge in [0.25, 0.3) is 0 Å². The van der Waals surface area contributed by atoms with E-state index in [1.807, 2.05) is 48.5 Å². The summed E-state index contributed by atoms with van der Waals surface area (Å²) in [6, 6.07) is 17.3. The zero-order chi connectivity index (χ0) is 15.4. The molecule has 2 aromatic carbocycles. The number of carbonyl (C=O) groups excluding carboxylic acids is 1. The summed E-state index contributed by atoms with van der Waals surface area (Å²) in [5.74, 6) is 1.18. The van der Waals surface area contributed by atoms with Crippen LogP contribution in [-0.4, -0.2) is 23.6 Å². The number of Topliss-reactive ketones (excluding diaryl/α,β-unsaturated/α-hetero) is 1. The molecule has 1 heterocycles. The van der Waals surface area contributed by atoms with Crippen molar-refractivity contribution in [1.82, 2.24) is 4.98 Å². The topological polar surface area (TPSA) is 39.2 Å². The highest BCUT2D eigenvalue weighted by Crippen LogP contribution is 2.28. The number of thioether (sulfide) groups is 1. The molecule has 0 aliphatic carbocycles. The normalized spacial score (nSPS) is 10.6. The maximum atomic E-state index is 12.5. The van der Waals surface area contributed by atoms with E-state index in [0.717, 1.165) is 15.8 Å². The number of fused-ring (bicyclic) bond motifs is 1. The lowest BCUT2D eigenvalue weighted by molar-refractivity contribution is 0.102. The first-order valence-electron chi connectivity index (χ1n) is 6.92. The third-order valence-electron chi connectivity index (χ3n) is 3.37. The van der Waals surface area contributed by atoms with Gasteiger partial charge in [-0.25, -0.2) is 0 Å². The number of pyridine rings is 1. The van der Waals surface area contributed by atoms with Crippen LogP contribution in [0.4, 0.5) is 0 Å². The molecule has 0 unspecified atom stereocenters. The number of benzene rings is 2. The van der Waals surface area contributed by atoms with Crippen molar-refractivity contribution in [2.45, 2.75) is 4.90 Å². The van der Waals surface area contributed by atoms with E-state index < -0.39 is 0 Å². The smallest absolute Gasteiger partial charge is 0.173 e. The van der Waals surface area contributed by atoms with Crippen LogP contribution in [-0.2, 0) is 0 Å². The van der Waals surface area contributed by atoms with E-state index in [-0.39, 0.29) is 5.78 Å². The second-order valence-electron chi connectivity index (χ2n) is 4.74. The predicted molar refractivity (Wildman–Crippen MR) is 89.8 cm³/mol. The quantitative estimate of drug-likeness (QED) is 0.522. The van der Waals surface area contributed by atoms with E-state index in [4.69, 9.17) is 4.74 Å². The van der Waals surface area contributed by atoms with Gasteiger partial charge >= 0.3 is 0 Å². The monoisotopic (exact) mass is 309 g/mol. The fraction of sp³-hybridized carbons (Fsp3) is 0.111. The number of ketones is 1. The molecule has 3 aromatic rings. The summed E-state index contributed by atoms with van der Waals surface area (Å²) in [5.41, 5.74) is 1.41. The van der Waals surface area contributed by atoms with Crippen LogP contribution in [0.3, 0.4) is 0 Å². The number of ether oxygens (including phenoxy) is 1. The van der Waals surface area contributed by atoms with Gasteiger partial charge in [-0.2, -0.15) is 0 Å². The third kappa shape index (κ3) is 2.97. The summed E-state index contributed by atoms with van der Waals surface area (Å²) in [5, 5.41) is 0.834. The minimum atomic E-state index is 0.0921. The molecule has 110 valence electrons. The molecule has 0 aliphatic heterocycles. The Morgan fingerprint density at radius 1 is 1.09 bits per heavy atom. The Morgan fingerprint density at radius 2 is 1.91 bits per heavy atom. The number of nitrogens with zero attached hydrogens (tertiary/aromatic N) is 1. The van der Waals surface area contributed by atoms with Gasteiger partial charge in [0.2, 0.25) is 0 Å². The van der Waals surface area contributed by atoms with Crippen LogP contribution in [0.1, 0.15) is 10.4 Å². The highest BCUT2D eigenvalue weighted by molar-refractivity contribution is 8.00. The Morgan fingerprint density at radius 3 is 2.68 bits per heavy atom. The van der Waals surface area contributed by atoms with E-state index in [9.17, 15) is 4.79 Å². The fourth-order valence-electron chi connectivity index (χ4n) is 2.30. The minimum Gasteiger partial charge on any atom is -0.494 e. The lowest BCUT2D eigenvalue weighted by Gasteiger charge is -2.09. The molecule has 0 radical (unpaired) electrons. The van der Waals surface area contributed by atoms with E-state index in [0.29, 0.717) is 17.1 Å². The number of hydrogen-bond donors (Lipinski definition) is 0. The summed E-state index contributed by atoms with van der Waals surface area (Å²) in [6.45, 7) is 0. The van der Waals surface area contributed by atoms with E-state index in [1.165, 1.54) is 0 Å². The molecule has 0 N–H and O–H groups in total. The molecular formula is C18H15NO2S. The van der Waals surface area contributed by atoms with Crippen molar-refractivity contribution in [3.63, 3.8) is 0 Å². The summed E-state index contributed by atoms with van der Waals surface area (Å²) < 4.78 is 5.31. The summed E-state index contributed by atoms with van der Waals surface area (Å²) in [4.78, 5) is 18.0. The first-order valence-corrected chi connectivity index (χ1v) is 7.91. The minimum absolute atomic E-state index is 0.0921. The van der Waals surface area contributed by atoms with Crippen molar-refractivity contribution in [2.75, 3.05) is 12.9 Å². The van der Waals surface area contributed by atoms with Gasteiger partial charge in [0.05, 0.1) is 12.9 Å². The van der Waals surface area contributed by atoms with Crippen molar-refractivity contribution in [3.8, 4) is 5.75 Å². The molecular weight excluding hydrogens is 294 g/mol. The lowest BCUT2D eigenvalue weighted by Crippen LogP contribution is -2.04. The molecule has 0 bridgehead atoms. The van der Waals surface area contributed by atoms with Crippen LogP contribution in [0.25, 0.3) is 10.9 Å². The van der Waals surface area contributed by atoms with Gasteiger partial charge in [0.15, 0.2) is 5.78 Å². The van der Waals surface area contributed by atoms with Gasteiger partial charge in [-0.05, 0) is 30.3 Å². The van der Waals surface area contributed by atoms with E-state index in [1.54, 1.807) is 31.1 Å². The average Bonchev–Trinajstić information content (AvgIpc) is 2.59. The number of rotatable bonds is 5. The van der Waals surface area contributed by atoms with Crippen molar-refractivity contribution < 1.29 is 9.53 Å². The molecule has 0 fully saturated rings. The molecule has 1 aromatic heterocycles. The zero-order valence-electron chi connectivity index (χ0n) is 12.2. The molecule has 3 nitrogen and oxygen atoms in total. The van der Waals surface area contributed by atoms with Crippen LogP contribution < -0.4 is 4.74 Å². The Labute approximate surface area is 133 Å². The molecule has 0 saturated heterocycles. The average molecular weight is 309 g/mol. The van der Waals surface area contributed by atoms with Gasteiger partial charge in [-0.15, -0.1) is 11.8 Å². The van der Waals surface area contributed by atoms with Crippen LogP contribution in [0.2, 0.25) is 0 Å². The Hall–Kier alpha value is -2.33. The van der Waals surface area contributed by atoms with E-state index >= 15 is 0 Å². The second-order valence-corrected chi connectivity index (χ2v) is 5.79. The summed E-state index contributed by atoms with van der Waals surface area (Å²) >= 11 is 1.54. The molecule has 4 heteroatoms. The van der Waals surface area contributed by atoms with Crippen molar-refractivity contribution in [3.05, 3.63) is 66.4 Å². The molecule has 22 heavy (non-hydrogen) atoms. The SMILES string of the molecule is COc1ccc(C(=O)CSc2ccccc2)c2cccnc12. The number of hydrogen-bond acceptors (Lipinski definition) is 4. The van der Waals surface area contributed by atoms with Crippen molar-refractivity contribution in [2.24, 2.45) is 0 Å². The number of methoxy groups -OCH3 is 1. The van der Waals surface area contributed by atoms with Crippen LogP contribution in [0.5, 0.6) is 5.75 Å².